The molecule has 0 saturated carbocycles. The molecule has 16 heavy (non-hydrogen) atoms. The van der Waals surface area contributed by atoms with Crippen LogP contribution in [0, 0.1) is 0 Å². The molecule has 3 nitrogen and oxygen atoms in total. The average Bonchev–Trinajstić information content (AvgIpc) is 2.35. The number of halogens is 1. The molecule has 5 heteroatoms. The van der Waals surface area contributed by atoms with Crippen molar-refractivity contribution in [3.8, 4) is 0 Å². The SMILES string of the molecule is [CH3][Sn]([CH2]NC(=O)c1ccccc1)[C](=O)CCl. The number of carbonyl (C=O) groups is 2. The van der Waals surface area contributed by atoms with Gasteiger partial charge >= 0.3 is 107 Å². The fourth-order valence-electron chi connectivity index (χ4n) is 1.12. The number of rotatable bonds is 5. The molecular weight excluding hydrogens is 332 g/mol. The van der Waals surface area contributed by atoms with Crippen LogP contribution in [-0.2, 0) is 4.79 Å². The fraction of sp³-hybridized carbons (Fsp3) is 0.273. The standard InChI is InChI=1S/C8H8NO.C2H2ClO.CH3.Sn/c1-9-8(10)7-5-3-2-4-6-7;3-1-2-4;;/h2-6H,1H2,(H,9,10);1H2;1H3;. The zero-order valence-corrected chi connectivity index (χ0v) is 12.6. The van der Waals surface area contributed by atoms with Crippen LogP contribution in [-0.4, -0.2) is 39.9 Å². The number of nitrogens with one attached hydrogen (secondary N) is 1. The van der Waals surface area contributed by atoms with E-state index in [1.807, 2.05) is 23.1 Å². The van der Waals surface area contributed by atoms with Crippen LogP contribution in [0.2, 0.25) is 4.94 Å². The number of hydrogen-bond acceptors (Lipinski definition) is 2. The van der Waals surface area contributed by atoms with Gasteiger partial charge in [-0.3, -0.25) is 0 Å². The second kappa shape index (κ2) is 6.91. The molecule has 0 unspecified atom stereocenters. The molecule has 0 bridgehead atoms. The number of benzene rings is 1. The van der Waals surface area contributed by atoms with Crippen LogP contribution in [0.4, 0.5) is 0 Å². The summed E-state index contributed by atoms with van der Waals surface area (Å²) in [6.45, 7) is 0. The van der Waals surface area contributed by atoms with Crippen LogP contribution >= 0.6 is 11.6 Å². The van der Waals surface area contributed by atoms with Crippen LogP contribution in [0.15, 0.2) is 30.3 Å². The van der Waals surface area contributed by atoms with Crippen molar-refractivity contribution in [2.75, 3.05) is 10.4 Å². The number of alkyl halides is 1. The van der Waals surface area contributed by atoms with Crippen molar-refractivity contribution in [2.45, 2.75) is 4.94 Å². The second-order valence-electron chi connectivity index (χ2n) is 3.39. The van der Waals surface area contributed by atoms with E-state index in [0.717, 1.165) is 0 Å². The molecule has 0 aromatic heterocycles. The maximum absolute atomic E-state index is 11.6. The zero-order chi connectivity index (χ0) is 12.0. The van der Waals surface area contributed by atoms with E-state index in [9.17, 15) is 9.59 Å². The van der Waals surface area contributed by atoms with Gasteiger partial charge in [-0.05, 0) is 0 Å². The third-order valence-corrected chi connectivity index (χ3v) is 8.27. The van der Waals surface area contributed by atoms with Gasteiger partial charge in [0.1, 0.15) is 0 Å². The van der Waals surface area contributed by atoms with E-state index in [0.29, 0.717) is 10.1 Å². The van der Waals surface area contributed by atoms with Crippen LogP contribution in [0.3, 0.4) is 0 Å². The van der Waals surface area contributed by atoms with Gasteiger partial charge in [-0.15, -0.1) is 0 Å². The summed E-state index contributed by atoms with van der Waals surface area (Å²) < 4.78 is 0.652. The minimum absolute atomic E-state index is 0.0759. The molecular formula is C11H13ClNO2Sn. The molecule has 0 aliphatic carbocycles. The Labute approximate surface area is 107 Å². The van der Waals surface area contributed by atoms with Gasteiger partial charge in [-0.1, -0.05) is 0 Å². The normalized spacial score (nSPS) is 10.2. The van der Waals surface area contributed by atoms with Crippen molar-refractivity contribution < 1.29 is 9.59 Å². The van der Waals surface area contributed by atoms with E-state index in [1.165, 1.54) is 0 Å². The topological polar surface area (TPSA) is 46.2 Å². The van der Waals surface area contributed by atoms with Crippen LogP contribution in [0.1, 0.15) is 10.4 Å². The van der Waals surface area contributed by atoms with E-state index >= 15 is 0 Å². The van der Waals surface area contributed by atoms with Crippen LogP contribution in [0.25, 0.3) is 0 Å². The van der Waals surface area contributed by atoms with Gasteiger partial charge < -0.3 is 0 Å². The summed E-state index contributed by atoms with van der Waals surface area (Å²) in [5, 5.41) is 2.78. The summed E-state index contributed by atoms with van der Waals surface area (Å²) >= 11 is 3.33. The maximum atomic E-state index is 11.6. The third kappa shape index (κ3) is 4.14. The molecule has 0 atom stereocenters. The molecule has 1 amide bonds. The summed E-state index contributed by atoms with van der Waals surface area (Å²) in [4.78, 5) is 24.8. The van der Waals surface area contributed by atoms with Gasteiger partial charge in [0.25, 0.3) is 0 Å². The number of hydrogen-bond donors (Lipinski definition) is 1. The van der Waals surface area contributed by atoms with Gasteiger partial charge in [0.05, 0.1) is 0 Å². The molecule has 0 aliphatic heterocycles. The predicted molar refractivity (Wildman–Crippen MR) is 66.1 cm³/mol. The summed E-state index contributed by atoms with van der Waals surface area (Å²) in [5.74, 6) is -0.0464. The zero-order valence-electron chi connectivity index (χ0n) is 9.00. The van der Waals surface area contributed by atoms with E-state index in [-0.39, 0.29) is 15.6 Å². The van der Waals surface area contributed by atoms with Gasteiger partial charge in [0.2, 0.25) is 0 Å². The van der Waals surface area contributed by atoms with Crippen molar-refractivity contribution in [1.29, 1.82) is 0 Å². The Kier molecular flexibility index (Phi) is 5.84. The first kappa shape index (κ1) is 13.5. The molecule has 1 aromatic carbocycles. The third-order valence-electron chi connectivity index (χ3n) is 2.15. The van der Waals surface area contributed by atoms with Crippen molar-refractivity contribution in [1.82, 2.24) is 5.32 Å². The van der Waals surface area contributed by atoms with Crippen molar-refractivity contribution in [3.63, 3.8) is 0 Å². The number of carbonyl (C=O) groups excluding carboxylic acids is 2. The molecule has 0 aliphatic rings. The molecule has 0 saturated heterocycles. The molecule has 0 spiro atoms. The predicted octanol–water partition coefficient (Wildman–Crippen LogP) is 1.43. The Morgan fingerprint density at radius 2 is 1.94 bits per heavy atom. The molecule has 0 heterocycles. The Bertz CT molecular complexity index is 370. The van der Waals surface area contributed by atoms with Gasteiger partial charge in [-0.2, -0.15) is 0 Å². The van der Waals surface area contributed by atoms with Gasteiger partial charge in [0, 0.05) is 0 Å². The van der Waals surface area contributed by atoms with E-state index in [4.69, 9.17) is 11.6 Å². The Morgan fingerprint density at radius 3 is 2.50 bits per heavy atom. The van der Waals surface area contributed by atoms with Crippen molar-refractivity contribution in [2.24, 2.45) is 0 Å². The van der Waals surface area contributed by atoms with Gasteiger partial charge in [-0.25, -0.2) is 0 Å². The summed E-state index contributed by atoms with van der Waals surface area (Å²) in [7, 11) is 0. The molecule has 85 valence electrons. The van der Waals surface area contributed by atoms with Crippen LogP contribution in [0.5, 0.6) is 0 Å². The first-order valence-electron chi connectivity index (χ1n) is 4.90. The first-order chi connectivity index (χ1) is 7.65. The fourth-order valence-corrected chi connectivity index (χ4v) is 5.08. The molecule has 1 rings (SSSR count). The van der Waals surface area contributed by atoms with E-state index in [1.54, 1.807) is 12.1 Å². The van der Waals surface area contributed by atoms with Crippen molar-refractivity contribution >= 4 is 41.1 Å². The molecule has 0 fully saturated rings. The Morgan fingerprint density at radius 1 is 1.31 bits per heavy atom. The quantitative estimate of drug-likeness (QED) is 0.648. The Balaban J connectivity index is 2.45. The number of amides is 1. The summed E-state index contributed by atoms with van der Waals surface area (Å²) in [6, 6.07) is 8.97. The Hall–Kier alpha value is -0.551. The minimum atomic E-state index is -2.13. The van der Waals surface area contributed by atoms with Gasteiger partial charge in [0.15, 0.2) is 0 Å². The molecule has 1 aromatic rings. The average molecular weight is 345 g/mol. The molecule has 1 N–H and O–H groups in total. The summed E-state index contributed by atoms with van der Waals surface area (Å²) in [6.07, 6.45) is 0. The monoisotopic (exact) mass is 346 g/mol. The molecule has 1 radical (unpaired) electrons. The van der Waals surface area contributed by atoms with Crippen LogP contribution < -0.4 is 5.32 Å². The van der Waals surface area contributed by atoms with Crippen molar-refractivity contribution in [3.05, 3.63) is 35.9 Å². The second-order valence-corrected chi connectivity index (χ2v) is 10.7. The van der Waals surface area contributed by atoms with E-state index in [2.05, 4.69) is 5.32 Å². The van der Waals surface area contributed by atoms with E-state index < -0.39 is 19.8 Å². The summed E-state index contributed by atoms with van der Waals surface area (Å²) in [5.41, 5.74) is 0.622. The first-order valence-corrected chi connectivity index (χ1v) is 11.7.